The molecule has 10 heteroatoms. The number of nitrogens with zero attached hydrogens (tertiary/aromatic N) is 2. The Morgan fingerprint density at radius 1 is 1.06 bits per heavy atom. The molecule has 0 spiro atoms. The summed E-state index contributed by atoms with van der Waals surface area (Å²) in [4.78, 5) is 36.8. The van der Waals surface area contributed by atoms with Crippen LogP contribution in [0.5, 0.6) is 17.2 Å². The largest absolute Gasteiger partial charge is 0.493 e. The van der Waals surface area contributed by atoms with Crippen LogP contribution in [0.25, 0.3) is 11.0 Å². The molecule has 4 rings (SSSR count). The highest BCUT2D eigenvalue weighted by Gasteiger charge is 2.33. The lowest BCUT2D eigenvalue weighted by Crippen LogP contribution is -2.25. The van der Waals surface area contributed by atoms with E-state index < -0.39 is 17.6 Å². The zero-order valence-corrected chi connectivity index (χ0v) is 19.0. The number of ketones is 1. The number of hydrogen-bond donors (Lipinski definition) is 0. The molecule has 0 saturated carbocycles. The molecule has 1 aliphatic heterocycles. The second kappa shape index (κ2) is 9.26. The number of rotatable bonds is 7. The molecule has 3 aromatic rings. The number of fused-ring (bicyclic) bond motifs is 1. The van der Waals surface area contributed by atoms with Crippen LogP contribution in [0.4, 0.5) is 0 Å². The fourth-order valence-corrected chi connectivity index (χ4v) is 3.60. The minimum absolute atomic E-state index is 0.0644. The molecule has 1 aromatic heterocycles. The molecule has 2 aromatic carbocycles. The Morgan fingerprint density at radius 3 is 2.47 bits per heavy atom. The van der Waals surface area contributed by atoms with Crippen LogP contribution >= 0.6 is 0 Å². The first kappa shape index (κ1) is 22.8. The summed E-state index contributed by atoms with van der Waals surface area (Å²) in [6.45, 7) is 2.37. The highest BCUT2D eigenvalue weighted by Crippen LogP contribution is 2.35. The van der Waals surface area contributed by atoms with Crippen LogP contribution < -0.4 is 19.8 Å². The molecule has 1 unspecified atom stereocenters. The van der Waals surface area contributed by atoms with Gasteiger partial charge in [0.05, 0.1) is 19.6 Å². The van der Waals surface area contributed by atoms with Crippen molar-refractivity contribution >= 4 is 28.6 Å². The van der Waals surface area contributed by atoms with Gasteiger partial charge in [-0.3, -0.25) is 9.59 Å². The number of ether oxygens (including phenoxy) is 4. The molecule has 0 radical (unpaired) electrons. The van der Waals surface area contributed by atoms with Gasteiger partial charge in [-0.2, -0.15) is 5.01 Å². The number of benzene rings is 2. The Morgan fingerprint density at radius 2 is 1.79 bits per heavy atom. The predicted octanol–water partition coefficient (Wildman–Crippen LogP) is 3.28. The fraction of sp³-hybridized carbons (Fsp3) is 0.250. The van der Waals surface area contributed by atoms with Crippen molar-refractivity contribution in [1.82, 2.24) is 5.01 Å². The van der Waals surface area contributed by atoms with E-state index in [1.807, 2.05) is 0 Å². The first-order valence-corrected chi connectivity index (χ1v) is 10.3. The van der Waals surface area contributed by atoms with Gasteiger partial charge in [0.2, 0.25) is 18.0 Å². The monoisotopic (exact) mass is 466 g/mol. The first-order chi connectivity index (χ1) is 16.3. The van der Waals surface area contributed by atoms with Crippen molar-refractivity contribution in [3.05, 3.63) is 64.0 Å². The van der Waals surface area contributed by atoms with Gasteiger partial charge in [-0.1, -0.05) is 12.1 Å². The lowest BCUT2D eigenvalue weighted by Gasteiger charge is -2.20. The number of hydrazone groups is 1. The SMILES string of the molecule is COc1ccc(C2OC(COc3c(C(C)=O)c(=O)oc4ccccc34)=NN2C(C)=O)cc1OC. The Balaban J connectivity index is 1.64. The molecular weight excluding hydrogens is 444 g/mol. The Labute approximate surface area is 194 Å². The number of hydrogen-bond acceptors (Lipinski definition) is 9. The standard InChI is InChI=1S/C24H22N2O8/c1-13(27)21-22(16-7-5-6-8-17(16)33-24(21)29)32-12-20-25-26(14(2)28)23(34-20)15-9-10-18(30-3)19(11-15)31-4/h5-11,23H,12H2,1-4H3. The summed E-state index contributed by atoms with van der Waals surface area (Å²) in [6, 6.07) is 11.8. The van der Waals surface area contributed by atoms with Gasteiger partial charge in [0, 0.05) is 12.5 Å². The predicted molar refractivity (Wildman–Crippen MR) is 121 cm³/mol. The van der Waals surface area contributed by atoms with E-state index in [0.717, 1.165) is 0 Å². The van der Waals surface area contributed by atoms with Gasteiger partial charge in [0.1, 0.15) is 16.9 Å². The summed E-state index contributed by atoms with van der Waals surface area (Å²) in [5.41, 5.74) is -0.140. The third-order valence-corrected chi connectivity index (χ3v) is 5.16. The van der Waals surface area contributed by atoms with Gasteiger partial charge < -0.3 is 23.4 Å². The molecule has 10 nitrogen and oxygen atoms in total. The van der Waals surface area contributed by atoms with E-state index in [-0.39, 0.29) is 35.3 Å². The van der Waals surface area contributed by atoms with Crippen LogP contribution in [0, 0.1) is 0 Å². The van der Waals surface area contributed by atoms with Crippen LogP contribution in [0.3, 0.4) is 0 Å². The van der Waals surface area contributed by atoms with E-state index in [2.05, 4.69) is 5.10 Å². The van der Waals surface area contributed by atoms with Crippen molar-refractivity contribution in [3.63, 3.8) is 0 Å². The van der Waals surface area contributed by atoms with Crippen molar-refractivity contribution in [2.45, 2.75) is 20.1 Å². The summed E-state index contributed by atoms with van der Waals surface area (Å²) in [5, 5.41) is 5.85. The van der Waals surface area contributed by atoms with Crippen molar-refractivity contribution in [1.29, 1.82) is 0 Å². The third kappa shape index (κ3) is 4.17. The summed E-state index contributed by atoms with van der Waals surface area (Å²) in [6.07, 6.45) is -0.860. The molecule has 0 N–H and O–H groups in total. The molecule has 2 heterocycles. The molecule has 1 aliphatic rings. The molecule has 1 amide bonds. The lowest BCUT2D eigenvalue weighted by molar-refractivity contribution is -0.135. The smallest absolute Gasteiger partial charge is 0.351 e. The molecule has 0 saturated heterocycles. The zero-order valence-electron chi connectivity index (χ0n) is 19.0. The summed E-state index contributed by atoms with van der Waals surface area (Å²) < 4.78 is 27.6. The summed E-state index contributed by atoms with van der Waals surface area (Å²) in [7, 11) is 3.02. The third-order valence-electron chi connectivity index (χ3n) is 5.16. The topological polar surface area (TPSA) is 117 Å². The zero-order chi connectivity index (χ0) is 24.4. The second-order valence-corrected chi connectivity index (χ2v) is 7.38. The van der Waals surface area contributed by atoms with Crippen LogP contribution in [-0.2, 0) is 9.53 Å². The van der Waals surface area contributed by atoms with Crippen LogP contribution in [0.2, 0.25) is 0 Å². The maximum Gasteiger partial charge on any atom is 0.351 e. The van der Waals surface area contributed by atoms with E-state index in [9.17, 15) is 14.4 Å². The van der Waals surface area contributed by atoms with Gasteiger partial charge in [-0.25, -0.2) is 4.79 Å². The van der Waals surface area contributed by atoms with Crippen molar-refractivity contribution in [3.8, 4) is 17.2 Å². The van der Waals surface area contributed by atoms with Gasteiger partial charge in [0.25, 0.3) is 0 Å². The quantitative estimate of drug-likeness (QED) is 0.385. The first-order valence-electron chi connectivity index (χ1n) is 10.3. The Bertz CT molecular complexity index is 1360. The fourth-order valence-electron chi connectivity index (χ4n) is 3.60. The van der Waals surface area contributed by atoms with E-state index in [0.29, 0.717) is 22.4 Å². The molecule has 1 atom stereocenters. The molecule has 0 fully saturated rings. The van der Waals surface area contributed by atoms with Crippen LogP contribution in [0.1, 0.15) is 36.0 Å². The highest BCUT2D eigenvalue weighted by molar-refractivity contribution is 6.01. The highest BCUT2D eigenvalue weighted by atomic mass is 16.6. The maximum atomic E-state index is 12.4. The molecule has 0 bridgehead atoms. The van der Waals surface area contributed by atoms with E-state index in [4.69, 9.17) is 23.4 Å². The number of carbonyl (C=O) groups is 2. The molecule has 34 heavy (non-hydrogen) atoms. The second-order valence-electron chi connectivity index (χ2n) is 7.38. The van der Waals surface area contributed by atoms with Gasteiger partial charge in [0.15, 0.2) is 23.9 Å². The van der Waals surface area contributed by atoms with Crippen molar-refractivity contribution in [2.75, 3.05) is 20.8 Å². The minimum atomic E-state index is -0.860. The number of amides is 1. The van der Waals surface area contributed by atoms with Crippen LogP contribution in [0.15, 0.2) is 56.8 Å². The number of para-hydroxylation sites is 1. The average Bonchev–Trinajstić information content (AvgIpc) is 3.26. The lowest BCUT2D eigenvalue weighted by atomic mass is 10.1. The molecular formula is C24H22N2O8. The normalized spacial score (nSPS) is 15.0. The molecule has 176 valence electrons. The van der Waals surface area contributed by atoms with Crippen molar-refractivity contribution in [2.24, 2.45) is 5.10 Å². The Kier molecular flexibility index (Phi) is 6.22. The Hall–Kier alpha value is -4.34. The van der Waals surface area contributed by atoms with E-state index in [1.165, 1.54) is 33.1 Å². The average molecular weight is 466 g/mol. The minimum Gasteiger partial charge on any atom is -0.493 e. The molecule has 0 aliphatic carbocycles. The summed E-state index contributed by atoms with van der Waals surface area (Å²) >= 11 is 0. The van der Waals surface area contributed by atoms with Crippen LogP contribution in [-0.4, -0.2) is 43.4 Å². The van der Waals surface area contributed by atoms with Crippen molar-refractivity contribution < 1.29 is 33.0 Å². The maximum absolute atomic E-state index is 12.4. The van der Waals surface area contributed by atoms with E-state index in [1.54, 1.807) is 42.5 Å². The summed E-state index contributed by atoms with van der Waals surface area (Å²) in [5.74, 6) is 0.277. The number of methoxy groups -OCH3 is 2. The number of carbonyl (C=O) groups excluding carboxylic acids is 2. The van der Waals surface area contributed by atoms with Gasteiger partial charge in [-0.15, -0.1) is 5.10 Å². The van der Waals surface area contributed by atoms with Gasteiger partial charge >= 0.3 is 5.63 Å². The van der Waals surface area contributed by atoms with Gasteiger partial charge in [-0.05, 0) is 37.3 Å². The van der Waals surface area contributed by atoms with E-state index >= 15 is 0 Å². The number of Topliss-reactive ketones (excluding diaryl/α,β-unsaturated/α-hetero) is 1.